The Labute approximate surface area is 117 Å². The molecule has 21 heavy (non-hydrogen) atoms. The van der Waals surface area contributed by atoms with Gasteiger partial charge in [0.05, 0.1) is 5.52 Å². The van der Waals surface area contributed by atoms with Gasteiger partial charge >= 0.3 is 6.36 Å². The predicted molar refractivity (Wildman–Crippen MR) is 70.4 cm³/mol. The van der Waals surface area contributed by atoms with Crippen LogP contribution >= 0.6 is 0 Å². The highest BCUT2D eigenvalue weighted by Crippen LogP contribution is 2.32. The molecular weight excluding hydrogens is 286 g/mol. The van der Waals surface area contributed by atoms with Gasteiger partial charge in [0, 0.05) is 17.1 Å². The first-order chi connectivity index (χ1) is 9.94. The van der Waals surface area contributed by atoms with Crippen molar-refractivity contribution in [2.24, 2.45) is 0 Å². The molecule has 108 valence electrons. The second kappa shape index (κ2) is 4.80. The van der Waals surface area contributed by atoms with Crippen LogP contribution in [0, 0.1) is 5.82 Å². The third kappa shape index (κ3) is 2.69. The summed E-state index contributed by atoms with van der Waals surface area (Å²) in [6.45, 7) is 0. The van der Waals surface area contributed by atoms with Crippen molar-refractivity contribution in [1.29, 1.82) is 0 Å². The van der Waals surface area contributed by atoms with E-state index in [-0.39, 0.29) is 5.75 Å². The molecule has 0 atom stereocenters. The van der Waals surface area contributed by atoms with Crippen LogP contribution in [0.2, 0.25) is 0 Å². The number of alkyl halides is 3. The minimum Gasteiger partial charge on any atom is -0.406 e. The number of rotatable bonds is 2. The van der Waals surface area contributed by atoms with Crippen molar-refractivity contribution >= 4 is 10.9 Å². The molecule has 2 nitrogen and oxygen atoms in total. The fourth-order valence-electron chi connectivity index (χ4n) is 2.22. The second-order valence-electron chi connectivity index (χ2n) is 4.44. The highest BCUT2D eigenvalue weighted by atomic mass is 19.4. The number of aromatic amines is 1. The van der Waals surface area contributed by atoms with Crippen LogP contribution in [0.5, 0.6) is 5.75 Å². The van der Waals surface area contributed by atoms with E-state index in [4.69, 9.17) is 0 Å². The van der Waals surface area contributed by atoms with Gasteiger partial charge in [-0.1, -0.05) is 12.1 Å². The monoisotopic (exact) mass is 295 g/mol. The van der Waals surface area contributed by atoms with Crippen molar-refractivity contribution in [3.63, 3.8) is 0 Å². The minimum absolute atomic E-state index is 0.316. The highest BCUT2D eigenvalue weighted by molar-refractivity contribution is 5.94. The molecule has 1 N–H and O–H groups in total. The van der Waals surface area contributed by atoms with Gasteiger partial charge in [0.25, 0.3) is 0 Å². The quantitative estimate of drug-likeness (QED) is 0.670. The molecule has 0 aliphatic carbocycles. The number of aromatic nitrogens is 1. The molecule has 0 unspecified atom stereocenters. The summed E-state index contributed by atoms with van der Waals surface area (Å²) in [4.78, 5) is 2.89. The maximum Gasteiger partial charge on any atom is 0.573 e. The van der Waals surface area contributed by atoms with E-state index in [9.17, 15) is 17.6 Å². The highest BCUT2D eigenvalue weighted by Gasteiger charge is 2.31. The zero-order valence-corrected chi connectivity index (χ0v) is 10.5. The van der Waals surface area contributed by atoms with Crippen molar-refractivity contribution in [1.82, 2.24) is 4.98 Å². The standard InChI is InChI=1S/C15H9F4NO/c16-13-5-4-11(14-12(13)6-7-20-14)9-2-1-3-10(8-9)21-15(17,18)19/h1-8,20H. The maximum absolute atomic E-state index is 13.6. The van der Waals surface area contributed by atoms with Gasteiger partial charge in [-0.2, -0.15) is 0 Å². The molecule has 0 fully saturated rings. The number of halogens is 4. The molecule has 6 heteroatoms. The molecule has 0 aliphatic heterocycles. The summed E-state index contributed by atoms with van der Waals surface area (Å²) in [5, 5.41) is 0.384. The average Bonchev–Trinajstić information content (AvgIpc) is 2.87. The number of H-pyrrole nitrogens is 1. The predicted octanol–water partition coefficient (Wildman–Crippen LogP) is 4.87. The number of hydrogen-bond donors (Lipinski definition) is 1. The SMILES string of the molecule is Fc1ccc(-c2cccc(OC(F)(F)F)c2)c2[nH]ccc12. The van der Waals surface area contributed by atoms with Gasteiger partial charge in [0.15, 0.2) is 0 Å². The normalized spacial score (nSPS) is 11.8. The Hall–Kier alpha value is -2.50. The summed E-state index contributed by atoms with van der Waals surface area (Å²) in [6.07, 6.45) is -3.17. The third-order valence-corrected chi connectivity index (χ3v) is 3.05. The molecular formula is C15H9F4NO. The van der Waals surface area contributed by atoms with Crippen LogP contribution in [0.15, 0.2) is 48.7 Å². The summed E-state index contributed by atoms with van der Waals surface area (Å²) in [6, 6.07) is 9.94. The number of nitrogens with one attached hydrogen (secondary N) is 1. The Bertz CT molecular complexity index is 792. The first-order valence-corrected chi connectivity index (χ1v) is 6.06. The lowest BCUT2D eigenvalue weighted by Crippen LogP contribution is -2.17. The summed E-state index contributed by atoms with van der Waals surface area (Å²) in [5.41, 5.74) is 1.63. The van der Waals surface area contributed by atoms with Crippen LogP contribution in [0.1, 0.15) is 0 Å². The molecule has 1 heterocycles. The average molecular weight is 295 g/mol. The molecule has 0 amide bonds. The summed E-state index contributed by atoms with van der Waals surface area (Å²) in [5.74, 6) is -0.707. The van der Waals surface area contributed by atoms with E-state index in [1.165, 1.54) is 30.3 Å². The van der Waals surface area contributed by atoms with Crippen LogP contribution in [0.3, 0.4) is 0 Å². The van der Waals surface area contributed by atoms with E-state index >= 15 is 0 Å². The zero-order chi connectivity index (χ0) is 15.0. The van der Waals surface area contributed by atoms with Gasteiger partial charge in [-0.3, -0.25) is 0 Å². The molecule has 3 aromatic rings. The van der Waals surface area contributed by atoms with Crippen molar-refractivity contribution < 1.29 is 22.3 Å². The first-order valence-electron chi connectivity index (χ1n) is 6.06. The molecule has 1 aromatic heterocycles. The molecule has 2 aromatic carbocycles. The summed E-state index contributed by atoms with van der Waals surface area (Å²) >= 11 is 0. The Morgan fingerprint density at radius 3 is 2.57 bits per heavy atom. The number of fused-ring (bicyclic) bond motifs is 1. The molecule has 0 bridgehead atoms. The van der Waals surface area contributed by atoms with Crippen LogP contribution in [-0.4, -0.2) is 11.3 Å². The van der Waals surface area contributed by atoms with E-state index in [1.54, 1.807) is 18.3 Å². The fourth-order valence-corrected chi connectivity index (χ4v) is 2.22. The van der Waals surface area contributed by atoms with Crippen molar-refractivity contribution in [2.75, 3.05) is 0 Å². The maximum atomic E-state index is 13.6. The number of ether oxygens (including phenoxy) is 1. The van der Waals surface area contributed by atoms with E-state index in [0.29, 0.717) is 22.0 Å². The number of hydrogen-bond acceptors (Lipinski definition) is 1. The molecule has 0 saturated heterocycles. The molecule has 0 spiro atoms. The molecule has 0 radical (unpaired) electrons. The van der Waals surface area contributed by atoms with Gasteiger partial charge in [-0.25, -0.2) is 4.39 Å². The Kier molecular flexibility index (Phi) is 3.08. The van der Waals surface area contributed by atoms with Crippen LogP contribution in [0.4, 0.5) is 17.6 Å². The Balaban J connectivity index is 2.09. The van der Waals surface area contributed by atoms with Gasteiger partial charge in [-0.05, 0) is 35.9 Å². The Morgan fingerprint density at radius 2 is 1.81 bits per heavy atom. The lowest BCUT2D eigenvalue weighted by molar-refractivity contribution is -0.274. The smallest absolute Gasteiger partial charge is 0.406 e. The van der Waals surface area contributed by atoms with Crippen molar-refractivity contribution in [3.05, 3.63) is 54.5 Å². The van der Waals surface area contributed by atoms with Gasteiger partial charge in [0.1, 0.15) is 11.6 Å². The van der Waals surface area contributed by atoms with Gasteiger partial charge in [0.2, 0.25) is 0 Å². The summed E-state index contributed by atoms with van der Waals surface area (Å²) in [7, 11) is 0. The number of benzene rings is 2. The molecule has 3 rings (SSSR count). The Morgan fingerprint density at radius 1 is 1.00 bits per heavy atom. The largest absolute Gasteiger partial charge is 0.573 e. The van der Waals surface area contributed by atoms with E-state index < -0.39 is 12.2 Å². The lowest BCUT2D eigenvalue weighted by Gasteiger charge is -2.10. The van der Waals surface area contributed by atoms with E-state index in [1.807, 2.05) is 0 Å². The van der Waals surface area contributed by atoms with Crippen LogP contribution in [0.25, 0.3) is 22.0 Å². The topological polar surface area (TPSA) is 25.0 Å². The van der Waals surface area contributed by atoms with Crippen LogP contribution in [-0.2, 0) is 0 Å². The molecule has 0 aliphatic rings. The fraction of sp³-hybridized carbons (Fsp3) is 0.0667. The first kappa shape index (κ1) is 13.5. The lowest BCUT2D eigenvalue weighted by atomic mass is 10.0. The van der Waals surface area contributed by atoms with Gasteiger partial charge < -0.3 is 9.72 Å². The van der Waals surface area contributed by atoms with Crippen LogP contribution < -0.4 is 4.74 Å². The summed E-state index contributed by atoms with van der Waals surface area (Å²) < 4.78 is 54.3. The van der Waals surface area contributed by atoms with E-state index in [0.717, 1.165) is 0 Å². The second-order valence-corrected chi connectivity index (χ2v) is 4.44. The van der Waals surface area contributed by atoms with Crippen molar-refractivity contribution in [3.8, 4) is 16.9 Å². The molecule has 0 saturated carbocycles. The minimum atomic E-state index is -4.75. The van der Waals surface area contributed by atoms with E-state index in [2.05, 4.69) is 9.72 Å². The zero-order valence-electron chi connectivity index (χ0n) is 10.5. The van der Waals surface area contributed by atoms with Crippen molar-refractivity contribution in [2.45, 2.75) is 6.36 Å². The van der Waals surface area contributed by atoms with Gasteiger partial charge in [-0.15, -0.1) is 13.2 Å². The third-order valence-electron chi connectivity index (χ3n) is 3.05.